The maximum absolute atomic E-state index is 11.5. The standard InChI is InChI=1S/C20H39NO8/c1-19(2,3)28-17(22)7-9-24-11-13-26-15-16-27-14-12-25-10-8-21-18(23)29-20(4,5)6/h7-16H2,1-6H3,(H,21,23). The fourth-order valence-electron chi connectivity index (χ4n) is 1.85. The summed E-state index contributed by atoms with van der Waals surface area (Å²) in [7, 11) is 0. The lowest BCUT2D eigenvalue weighted by Gasteiger charge is -2.19. The average Bonchev–Trinajstić information content (AvgIpc) is 2.55. The van der Waals surface area contributed by atoms with E-state index in [1.54, 1.807) is 0 Å². The molecule has 9 nitrogen and oxygen atoms in total. The molecule has 0 aliphatic rings. The van der Waals surface area contributed by atoms with Crippen molar-refractivity contribution in [1.82, 2.24) is 5.32 Å². The van der Waals surface area contributed by atoms with Gasteiger partial charge in [0.2, 0.25) is 0 Å². The summed E-state index contributed by atoms with van der Waals surface area (Å²) in [4.78, 5) is 22.9. The fourth-order valence-corrected chi connectivity index (χ4v) is 1.85. The minimum absolute atomic E-state index is 0.230. The molecule has 0 aliphatic heterocycles. The zero-order valence-corrected chi connectivity index (χ0v) is 18.8. The second-order valence-corrected chi connectivity index (χ2v) is 8.21. The maximum atomic E-state index is 11.5. The summed E-state index contributed by atoms with van der Waals surface area (Å²) in [5.41, 5.74) is -0.977. The fraction of sp³-hybridized carbons (Fsp3) is 0.900. The van der Waals surface area contributed by atoms with E-state index in [-0.39, 0.29) is 12.4 Å². The summed E-state index contributed by atoms with van der Waals surface area (Å²) < 4.78 is 31.7. The van der Waals surface area contributed by atoms with Gasteiger partial charge in [0, 0.05) is 6.54 Å². The minimum atomic E-state index is -0.507. The number of alkyl carbamates (subject to hydrolysis) is 1. The van der Waals surface area contributed by atoms with Crippen LogP contribution in [0.15, 0.2) is 0 Å². The third-order valence-electron chi connectivity index (χ3n) is 2.90. The predicted molar refractivity (Wildman–Crippen MR) is 108 cm³/mol. The largest absolute Gasteiger partial charge is 0.460 e. The topological polar surface area (TPSA) is 102 Å². The molecule has 0 saturated heterocycles. The smallest absolute Gasteiger partial charge is 0.407 e. The predicted octanol–water partition coefficient (Wildman–Crippen LogP) is 2.31. The van der Waals surface area contributed by atoms with Crippen LogP contribution in [0.25, 0.3) is 0 Å². The van der Waals surface area contributed by atoms with Gasteiger partial charge in [0.15, 0.2) is 0 Å². The van der Waals surface area contributed by atoms with E-state index in [0.717, 1.165) is 0 Å². The number of hydrogen-bond acceptors (Lipinski definition) is 8. The SMILES string of the molecule is CC(C)(C)OC(=O)CCOCCOCCOCCOCCNC(=O)OC(C)(C)C. The molecule has 0 aromatic rings. The first-order valence-electron chi connectivity index (χ1n) is 9.99. The number of hydrogen-bond donors (Lipinski definition) is 1. The quantitative estimate of drug-likeness (QED) is 0.317. The Bertz CT molecular complexity index is 403. The molecular formula is C20H39NO8. The van der Waals surface area contributed by atoms with Gasteiger partial charge in [0.05, 0.1) is 59.3 Å². The second-order valence-electron chi connectivity index (χ2n) is 8.21. The number of carbonyl (C=O) groups is 2. The van der Waals surface area contributed by atoms with Gasteiger partial charge < -0.3 is 33.7 Å². The maximum Gasteiger partial charge on any atom is 0.407 e. The molecule has 1 amide bonds. The highest BCUT2D eigenvalue weighted by molar-refractivity contribution is 5.69. The molecule has 0 bridgehead atoms. The van der Waals surface area contributed by atoms with Gasteiger partial charge in [-0.25, -0.2) is 4.79 Å². The van der Waals surface area contributed by atoms with E-state index in [1.807, 2.05) is 41.5 Å². The van der Waals surface area contributed by atoms with E-state index < -0.39 is 17.3 Å². The van der Waals surface area contributed by atoms with Crippen LogP contribution in [0.1, 0.15) is 48.0 Å². The third-order valence-corrected chi connectivity index (χ3v) is 2.90. The van der Waals surface area contributed by atoms with Crippen LogP contribution in [0.4, 0.5) is 4.79 Å². The Morgan fingerprint density at radius 3 is 1.48 bits per heavy atom. The molecule has 9 heteroatoms. The van der Waals surface area contributed by atoms with Crippen molar-refractivity contribution in [3.63, 3.8) is 0 Å². The number of rotatable bonds is 15. The van der Waals surface area contributed by atoms with Gasteiger partial charge >= 0.3 is 12.1 Å². The number of esters is 1. The van der Waals surface area contributed by atoms with Gasteiger partial charge in [-0.15, -0.1) is 0 Å². The Morgan fingerprint density at radius 1 is 0.621 bits per heavy atom. The highest BCUT2D eigenvalue weighted by Crippen LogP contribution is 2.08. The van der Waals surface area contributed by atoms with Crippen LogP contribution >= 0.6 is 0 Å². The van der Waals surface area contributed by atoms with Crippen molar-refractivity contribution in [3.8, 4) is 0 Å². The van der Waals surface area contributed by atoms with Gasteiger partial charge in [-0.05, 0) is 41.5 Å². The van der Waals surface area contributed by atoms with Gasteiger partial charge in [-0.1, -0.05) is 0 Å². The number of carbonyl (C=O) groups excluding carboxylic acids is 2. The van der Waals surface area contributed by atoms with Crippen molar-refractivity contribution in [2.75, 3.05) is 59.4 Å². The van der Waals surface area contributed by atoms with Crippen molar-refractivity contribution in [3.05, 3.63) is 0 Å². The summed E-state index contributed by atoms with van der Waals surface area (Å²) >= 11 is 0. The molecule has 0 heterocycles. The Hall–Kier alpha value is -1.42. The van der Waals surface area contributed by atoms with Crippen LogP contribution in [0.3, 0.4) is 0 Å². The first-order chi connectivity index (χ1) is 13.5. The molecule has 0 saturated carbocycles. The molecule has 172 valence electrons. The van der Waals surface area contributed by atoms with Crippen LogP contribution in [0.5, 0.6) is 0 Å². The third kappa shape index (κ3) is 22.7. The lowest BCUT2D eigenvalue weighted by molar-refractivity contribution is -0.156. The van der Waals surface area contributed by atoms with E-state index in [4.69, 9.17) is 28.4 Å². The zero-order valence-electron chi connectivity index (χ0n) is 18.8. The number of amides is 1. The lowest BCUT2D eigenvalue weighted by atomic mass is 10.2. The van der Waals surface area contributed by atoms with Crippen molar-refractivity contribution < 1.29 is 38.0 Å². The number of nitrogens with one attached hydrogen (secondary N) is 1. The van der Waals surface area contributed by atoms with Crippen molar-refractivity contribution in [2.24, 2.45) is 0 Å². The van der Waals surface area contributed by atoms with Crippen LogP contribution in [0, 0.1) is 0 Å². The summed E-state index contributed by atoms with van der Waals surface area (Å²) in [6.07, 6.45) is -0.225. The van der Waals surface area contributed by atoms with E-state index in [1.165, 1.54) is 0 Å². The molecule has 0 aliphatic carbocycles. The van der Waals surface area contributed by atoms with Crippen LogP contribution in [0.2, 0.25) is 0 Å². The minimum Gasteiger partial charge on any atom is -0.460 e. The molecule has 0 atom stereocenters. The molecule has 1 N–H and O–H groups in total. The summed E-state index contributed by atoms with van der Waals surface area (Å²) in [6, 6.07) is 0. The molecule has 0 radical (unpaired) electrons. The molecule has 0 rings (SSSR count). The Labute approximate surface area is 174 Å². The van der Waals surface area contributed by atoms with Crippen molar-refractivity contribution in [1.29, 1.82) is 0 Å². The molecule has 0 aromatic heterocycles. The van der Waals surface area contributed by atoms with Gasteiger partial charge in [0.25, 0.3) is 0 Å². The van der Waals surface area contributed by atoms with Crippen molar-refractivity contribution in [2.45, 2.75) is 59.2 Å². The van der Waals surface area contributed by atoms with E-state index in [9.17, 15) is 9.59 Å². The van der Waals surface area contributed by atoms with Gasteiger partial charge in [0.1, 0.15) is 11.2 Å². The van der Waals surface area contributed by atoms with E-state index >= 15 is 0 Å². The zero-order chi connectivity index (χ0) is 22.2. The molecule has 29 heavy (non-hydrogen) atoms. The normalized spacial score (nSPS) is 11.9. The highest BCUT2D eigenvalue weighted by Gasteiger charge is 2.16. The number of ether oxygens (including phenoxy) is 6. The van der Waals surface area contributed by atoms with Crippen LogP contribution < -0.4 is 5.32 Å². The van der Waals surface area contributed by atoms with Crippen LogP contribution in [-0.2, 0) is 33.2 Å². The second kappa shape index (κ2) is 15.4. The van der Waals surface area contributed by atoms with Gasteiger partial charge in [-0.3, -0.25) is 4.79 Å². The van der Waals surface area contributed by atoms with E-state index in [0.29, 0.717) is 59.4 Å². The average molecular weight is 422 g/mol. The Morgan fingerprint density at radius 2 is 1.03 bits per heavy atom. The molecular weight excluding hydrogens is 382 g/mol. The molecule has 0 spiro atoms. The Kier molecular flexibility index (Phi) is 14.7. The highest BCUT2D eigenvalue weighted by atomic mass is 16.6. The van der Waals surface area contributed by atoms with Crippen LogP contribution in [-0.4, -0.2) is 82.7 Å². The first kappa shape index (κ1) is 27.6. The first-order valence-corrected chi connectivity index (χ1v) is 9.99. The molecule has 0 aromatic carbocycles. The summed E-state index contributed by atoms with van der Waals surface area (Å²) in [5.74, 6) is -0.269. The van der Waals surface area contributed by atoms with E-state index in [2.05, 4.69) is 5.32 Å². The van der Waals surface area contributed by atoms with Crippen molar-refractivity contribution >= 4 is 12.1 Å². The lowest BCUT2D eigenvalue weighted by Crippen LogP contribution is -2.34. The monoisotopic (exact) mass is 421 g/mol. The summed E-state index contributed by atoms with van der Waals surface area (Å²) in [6.45, 7) is 14.6. The molecule has 0 unspecified atom stereocenters. The Balaban J connectivity index is 3.26. The summed E-state index contributed by atoms with van der Waals surface area (Å²) in [5, 5.41) is 2.61. The van der Waals surface area contributed by atoms with Gasteiger partial charge in [-0.2, -0.15) is 0 Å². The molecule has 0 fully saturated rings.